The lowest BCUT2D eigenvalue weighted by molar-refractivity contribution is 0.626. The third-order valence-electron chi connectivity index (χ3n) is 2.10. The van der Waals surface area contributed by atoms with Crippen LogP contribution in [0.4, 0.5) is 0 Å². The van der Waals surface area contributed by atoms with E-state index in [1.54, 1.807) is 0 Å². The van der Waals surface area contributed by atoms with Crippen LogP contribution in [0.2, 0.25) is 0 Å². The van der Waals surface area contributed by atoms with E-state index in [0.717, 1.165) is 24.9 Å². The molecule has 0 amide bonds. The summed E-state index contributed by atoms with van der Waals surface area (Å²) in [6, 6.07) is 0. The molecular formula is C12H29N3. The molecule has 1 heterocycles. The van der Waals surface area contributed by atoms with Crippen molar-refractivity contribution in [2.45, 2.75) is 54.4 Å². The molecule has 0 aromatic rings. The van der Waals surface area contributed by atoms with Gasteiger partial charge in [0.1, 0.15) is 0 Å². The molecule has 0 unspecified atom stereocenters. The summed E-state index contributed by atoms with van der Waals surface area (Å²) in [7, 11) is 0. The predicted molar refractivity (Wildman–Crippen MR) is 68.0 cm³/mol. The van der Waals surface area contributed by atoms with Crippen molar-refractivity contribution in [1.82, 2.24) is 5.43 Å². The van der Waals surface area contributed by atoms with E-state index in [0.29, 0.717) is 0 Å². The van der Waals surface area contributed by atoms with E-state index in [1.165, 1.54) is 12.8 Å². The summed E-state index contributed by atoms with van der Waals surface area (Å²) in [6.07, 6.45) is 2.61. The Kier molecular flexibility index (Phi) is 15.0. The second-order valence-corrected chi connectivity index (χ2v) is 4.48. The van der Waals surface area contributed by atoms with E-state index in [1.807, 2.05) is 0 Å². The zero-order valence-electron chi connectivity index (χ0n) is 11.4. The maximum atomic E-state index is 3.60. The van der Waals surface area contributed by atoms with E-state index in [2.05, 4.69) is 57.3 Å². The van der Waals surface area contributed by atoms with Crippen LogP contribution in [0, 0.1) is 11.8 Å². The molecule has 0 fully saturated rings. The van der Waals surface area contributed by atoms with Gasteiger partial charge in [0, 0.05) is 0 Å². The zero-order chi connectivity index (χ0) is 12.1. The molecule has 1 N–H and O–H groups in total. The van der Waals surface area contributed by atoms with Gasteiger partial charge in [-0.3, -0.25) is 5.43 Å². The number of hydrogen-bond acceptors (Lipinski definition) is 3. The third kappa shape index (κ3) is 24.7. The summed E-state index contributed by atoms with van der Waals surface area (Å²) >= 11 is 0. The van der Waals surface area contributed by atoms with E-state index in [-0.39, 0.29) is 0 Å². The summed E-state index contributed by atoms with van der Waals surface area (Å²) in [5.41, 5.74) is 2.68. The minimum absolute atomic E-state index is 0.847. The van der Waals surface area contributed by atoms with E-state index in [4.69, 9.17) is 0 Å². The van der Waals surface area contributed by atoms with Crippen LogP contribution in [0.15, 0.2) is 10.3 Å². The normalized spacial score (nSPS) is 12.8. The van der Waals surface area contributed by atoms with Crippen molar-refractivity contribution in [2.24, 2.45) is 22.2 Å². The van der Waals surface area contributed by atoms with Crippen LogP contribution < -0.4 is 5.43 Å². The van der Waals surface area contributed by atoms with Gasteiger partial charge in [0.15, 0.2) is 0 Å². The first kappa shape index (κ1) is 16.8. The molecule has 0 bridgehead atoms. The van der Waals surface area contributed by atoms with Crippen molar-refractivity contribution in [3.05, 3.63) is 0 Å². The van der Waals surface area contributed by atoms with Crippen LogP contribution in [-0.2, 0) is 0 Å². The van der Waals surface area contributed by atoms with Gasteiger partial charge >= 0.3 is 0 Å². The molecule has 1 rings (SSSR count). The fourth-order valence-electron chi connectivity index (χ4n) is 0.250. The molecule has 0 aliphatic carbocycles. The first-order valence-electron chi connectivity index (χ1n) is 6.13. The molecule has 1 aliphatic rings. The Morgan fingerprint density at radius 2 is 1.40 bits per heavy atom. The van der Waals surface area contributed by atoms with Gasteiger partial charge < -0.3 is 0 Å². The SMILES string of the molecule is C1CNN=N1.CCC(C)C.CCC(C)C. The maximum absolute atomic E-state index is 3.60. The van der Waals surface area contributed by atoms with Crippen LogP contribution >= 0.6 is 0 Å². The lowest BCUT2D eigenvalue weighted by atomic mass is 10.2. The molecule has 0 spiro atoms. The molecule has 3 heteroatoms. The molecule has 0 radical (unpaired) electrons. The lowest BCUT2D eigenvalue weighted by Gasteiger charge is -1.90. The molecule has 0 saturated carbocycles. The number of rotatable bonds is 2. The van der Waals surface area contributed by atoms with E-state index < -0.39 is 0 Å². The lowest BCUT2D eigenvalue weighted by Crippen LogP contribution is -1.99. The summed E-state index contributed by atoms with van der Waals surface area (Å²) in [5, 5.41) is 7.06. The fraction of sp³-hybridized carbons (Fsp3) is 1.00. The molecule has 0 atom stereocenters. The van der Waals surface area contributed by atoms with E-state index >= 15 is 0 Å². The van der Waals surface area contributed by atoms with Crippen molar-refractivity contribution >= 4 is 0 Å². The predicted octanol–water partition coefficient (Wildman–Crippen LogP) is 4.06. The monoisotopic (exact) mass is 215 g/mol. The second kappa shape index (κ2) is 13.4. The van der Waals surface area contributed by atoms with Crippen molar-refractivity contribution in [3.63, 3.8) is 0 Å². The topological polar surface area (TPSA) is 36.8 Å². The maximum Gasteiger partial charge on any atom is 0.0810 e. The summed E-state index contributed by atoms with van der Waals surface area (Å²) < 4.78 is 0. The summed E-state index contributed by atoms with van der Waals surface area (Å²) in [4.78, 5) is 0. The number of nitrogens with zero attached hydrogens (tertiary/aromatic N) is 2. The summed E-state index contributed by atoms with van der Waals surface area (Å²) in [5.74, 6) is 1.77. The van der Waals surface area contributed by atoms with Gasteiger partial charge in [0.25, 0.3) is 0 Å². The first-order chi connectivity index (χ1) is 7.04. The zero-order valence-corrected chi connectivity index (χ0v) is 11.4. The van der Waals surface area contributed by atoms with Gasteiger partial charge in [0.2, 0.25) is 0 Å². The highest BCUT2D eigenvalue weighted by Crippen LogP contribution is 1.94. The Morgan fingerprint density at radius 1 is 1.00 bits per heavy atom. The second-order valence-electron chi connectivity index (χ2n) is 4.48. The van der Waals surface area contributed by atoms with Crippen LogP contribution in [-0.4, -0.2) is 13.1 Å². The fourth-order valence-corrected chi connectivity index (χ4v) is 0.250. The Bertz CT molecular complexity index is 117. The highest BCUT2D eigenvalue weighted by atomic mass is 15.5. The van der Waals surface area contributed by atoms with Crippen LogP contribution in [0.25, 0.3) is 0 Å². The molecular weight excluding hydrogens is 186 g/mol. The molecule has 0 aromatic heterocycles. The highest BCUT2D eigenvalue weighted by molar-refractivity contribution is 4.45. The standard InChI is InChI=1S/2C5H12.C2H5N3/c2*1-4-5(2)3;1-2-4-5-3-1/h2*5H,4H2,1-3H3;1-2H2,(H,3,4). The van der Waals surface area contributed by atoms with Crippen molar-refractivity contribution in [2.75, 3.05) is 13.1 Å². The molecule has 15 heavy (non-hydrogen) atoms. The largest absolute Gasteiger partial charge is 0.290 e. The van der Waals surface area contributed by atoms with Gasteiger partial charge in [-0.1, -0.05) is 59.6 Å². The van der Waals surface area contributed by atoms with Crippen LogP contribution in [0.5, 0.6) is 0 Å². The van der Waals surface area contributed by atoms with Gasteiger partial charge in [-0.15, -0.1) is 0 Å². The quantitative estimate of drug-likeness (QED) is 0.741. The van der Waals surface area contributed by atoms with Crippen molar-refractivity contribution < 1.29 is 0 Å². The molecule has 3 nitrogen and oxygen atoms in total. The highest BCUT2D eigenvalue weighted by Gasteiger charge is 1.84. The average Bonchev–Trinajstić information content (AvgIpc) is 2.76. The average molecular weight is 215 g/mol. The van der Waals surface area contributed by atoms with Crippen molar-refractivity contribution in [1.29, 1.82) is 0 Å². The Labute approximate surface area is 95.7 Å². The first-order valence-corrected chi connectivity index (χ1v) is 6.13. The van der Waals surface area contributed by atoms with Crippen LogP contribution in [0.3, 0.4) is 0 Å². The molecule has 1 aliphatic heterocycles. The molecule has 0 aromatic carbocycles. The van der Waals surface area contributed by atoms with Crippen molar-refractivity contribution in [3.8, 4) is 0 Å². The Balaban J connectivity index is 0. The number of hydrogen-bond donors (Lipinski definition) is 1. The van der Waals surface area contributed by atoms with Crippen LogP contribution in [0.1, 0.15) is 54.4 Å². The smallest absolute Gasteiger partial charge is 0.0810 e. The molecule has 0 saturated heterocycles. The minimum atomic E-state index is 0.847. The minimum Gasteiger partial charge on any atom is -0.290 e. The third-order valence-corrected chi connectivity index (χ3v) is 2.10. The number of nitrogens with one attached hydrogen (secondary N) is 1. The molecule has 92 valence electrons. The van der Waals surface area contributed by atoms with Gasteiger partial charge in [-0.05, 0) is 11.8 Å². The Hall–Kier alpha value is -0.600. The van der Waals surface area contributed by atoms with Gasteiger partial charge in [-0.2, -0.15) is 5.11 Å². The van der Waals surface area contributed by atoms with Gasteiger partial charge in [0.05, 0.1) is 13.1 Å². The summed E-state index contributed by atoms with van der Waals surface area (Å²) in [6.45, 7) is 15.1. The Morgan fingerprint density at radius 3 is 1.47 bits per heavy atom. The van der Waals surface area contributed by atoms with Gasteiger partial charge in [-0.25, -0.2) is 0 Å². The van der Waals surface area contributed by atoms with E-state index in [9.17, 15) is 0 Å².